The van der Waals surface area contributed by atoms with Gasteiger partial charge in [-0.25, -0.2) is 9.98 Å². The molecule has 4 rings (SSSR count). The summed E-state index contributed by atoms with van der Waals surface area (Å²) in [5.41, 5.74) is 0.659. The fourth-order valence-corrected chi connectivity index (χ4v) is 3.34. The summed E-state index contributed by atoms with van der Waals surface area (Å²) in [5.74, 6) is 1.60. The number of guanidine groups is 1. The Morgan fingerprint density at radius 1 is 1.13 bits per heavy atom. The first-order chi connectivity index (χ1) is 14.4. The average Bonchev–Trinajstić information content (AvgIpc) is 3.38. The number of rotatable bonds is 4. The summed E-state index contributed by atoms with van der Waals surface area (Å²) in [7, 11) is 0. The van der Waals surface area contributed by atoms with Crippen LogP contribution >= 0.6 is 0 Å². The molecule has 1 atom stereocenters. The third-order valence-corrected chi connectivity index (χ3v) is 4.81. The maximum absolute atomic E-state index is 12.9. The predicted octanol–water partition coefficient (Wildman–Crippen LogP) is 3.60. The quantitative estimate of drug-likeness (QED) is 0.710. The Labute approximate surface area is 171 Å². The van der Waals surface area contributed by atoms with E-state index in [1.807, 2.05) is 13.0 Å². The van der Waals surface area contributed by atoms with Crippen LogP contribution in [-0.2, 0) is 6.18 Å². The highest BCUT2D eigenvalue weighted by molar-refractivity contribution is 6.11. The molecule has 1 aromatic heterocycles. The third kappa shape index (κ3) is 4.88. The molecule has 0 radical (unpaired) electrons. The summed E-state index contributed by atoms with van der Waals surface area (Å²) in [6.07, 6.45) is 0.667. The van der Waals surface area contributed by atoms with Crippen molar-refractivity contribution in [1.29, 1.82) is 0 Å². The van der Waals surface area contributed by atoms with Gasteiger partial charge in [-0.1, -0.05) is 18.2 Å². The van der Waals surface area contributed by atoms with Crippen molar-refractivity contribution in [2.75, 3.05) is 18.4 Å². The molecule has 3 heterocycles. The summed E-state index contributed by atoms with van der Waals surface area (Å²) in [6.45, 7) is 3.69. The van der Waals surface area contributed by atoms with E-state index in [0.717, 1.165) is 43.8 Å². The van der Waals surface area contributed by atoms with Crippen molar-refractivity contribution >= 4 is 23.7 Å². The molecule has 2 aromatic rings. The number of amidine groups is 1. The Morgan fingerprint density at radius 2 is 1.93 bits per heavy atom. The second kappa shape index (κ2) is 8.31. The van der Waals surface area contributed by atoms with E-state index in [1.165, 1.54) is 6.07 Å². The first kappa shape index (κ1) is 20.1. The van der Waals surface area contributed by atoms with Gasteiger partial charge in [-0.3, -0.25) is 10.00 Å². The molecule has 0 saturated carbocycles. The first-order valence-corrected chi connectivity index (χ1v) is 9.68. The Bertz CT molecular complexity index is 984. The predicted molar refractivity (Wildman–Crippen MR) is 110 cm³/mol. The molecule has 2 aliphatic rings. The summed E-state index contributed by atoms with van der Waals surface area (Å²) in [4.78, 5) is 11.4. The van der Waals surface area contributed by atoms with Gasteiger partial charge in [0.1, 0.15) is 5.84 Å². The highest BCUT2D eigenvalue weighted by atomic mass is 19.4. The SMILES string of the molecule is Cc1cc(NC2=NC(N3CCCC3)N=C(/C=C/c3cccc(C(F)(F)F)c3)N2)n[nH]1. The van der Waals surface area contributed by atoms with Gasteiger partial charge in [-0.05, 0) is 43.5 Å². The summed E-state index contributed by atoms with van der Waals surface area (Å²) >= 11 is 0. The zero-order valence-electron chi connectivity index (χ0n) is 16.4. The van der Waals surface area contributed by atoms with Gasteiger partial charge < -0.3 is 10.6 Å². The molecule has 30 heavy (non-hydrogen) atoms. The summed E-state index contributed by atoms with van der Waals surface area (Å²) < 4.78 is 38.8. The van der Waals surface area contributed by atoms with Crippen molar-refractivity contribution in [2.45, 2.75) is 32.2 Å². The molecule has 1 saturated heterocycles. The van der Waals surface area contributed by atoms with Crippen LogP contribution in [0.4, 0.5) is 19.0 Å². The summed E-state index contributed by atoms with van der Waals surface area (Å²) in [5, 5.41) is 13.2. The van der Waals surface area contributed by atoms with E-state index in [-0.39, 0.29) is 0 Å². The van der Waals surface area contributed by atoms with E-state index in [1.54, 1.807) is 18.2 Å². The first-order valence-electron chi connectivity index (χ1n) is 9.68. The number of aromatic nitrogens is 2. The van der Waals surface area contributed by atoms with Crippen LogP contribution in [0.15, 0.2) is 46.4 Å². The van der Waals surface area contributed by atoms with Crippen molar-refractivity contribution in [3.63, 3.8) is 0 Å². The van der Waals surface area contributed by atoms with E-state index >= 15 is 0 Å². The number of hydrogen-bond donors (Lipinski definition) is 3. The van der Waals surface area contributed by atoms with Crippen LogP contribution in [0.5, 0.6) is 0 Å². The highest BCUT2D eigenvalue weighted by Crippen LogP contribution is 2.29. The summed E-state index contributed by atoms with van der Waals surface area (Å²) in [6, 6.07) is 7.01. The van der Waals surface area contributed by atoms with Gasteiger partial charge in [0.15, 0.2) is 5.82 Å². The van der Waals surface area contributed by atoms with Crippen LogP contribution in [0.25, 0.3) is 6.08 Å². The Kier molecular flexibility index (Phi) is 5.58. The van der Waals surface area contributed by atoms with Crippen LogP contribution in [0.2, 0.25) is 0 Å². The van der Waals surface area contributed by atoms with Gasteiger partial charge in [0.05, 0.1) is 5.56 Å². The smallest absolute Gasteiger partial charge is 0.311 e. The standard InChI is InChI=1S/C20H22F3N7/c1-13-11-17(29-28-13)25-18-24-16(26-19(27-18)30-9-2-3-10-30)8-7-14-5-4-6-15(12-14)20(21,22)23/h4-8,11-12,19H,2-3,9-10H2,1H3,(H3,24,25,26,27,28,29)/b8-7+. The molecule has 2 aliphatic heterocycles. The number of nitrogens with one attached hydrogen (secondary N) is 3. The van der Waals surface area contributed by atoms with Crippen LogP contribution in [0, 0.1) is 6.92 Å². The molecule has 0 aliphatic carbocycles. The molecule has 3 N–H and O–H groups in total. The number of H-pyrrole nitrogens is 1. The number of aliphatic imine (C=N–C) groups is 2. The number of likely N-dealkylation sites (tertiary alicyclic amines) is 1. The van der Waals surface area contributed by atoms with E-state index < -0.39 is 18.0 Å². The van der Waals surface area contributed by atoms with Crippen LogP contribution in [-0.4, -0.2) is 46.3 Å². The fraction of sp³-hybridized carbons (Fsp3) is 0.350. The van der Waals surface area contributed by atoms with Crippen LogP contribution in [0.1, 0.15) is 29.7 Å². The second-order valence-electron chi connectivity index (χ2n) is 7.22. The maximum atomic E-state index is 12.9. The molecular weight excluding hydrogens is 395 g/mol. The van der Waals surface area contributed by atoms with Crippen molar-refractivity contribution in [3.05, 3.63) is 53.2 Å². The minimum Gasteiger partial charge on any atom is -0.311 e. The number of aromatic amines is 1. The molecule has 10 heteroatoms. The normalized spacial score (nSPS) is 20.2. The molecular formula is C20H22F3N7. The molecule has 158 valence electrons. The lowest BCUT2D eigenvalue weighted by molar-refractivity contribution is -0.137. The monoisotopic (exact) mass is 417 g/mol. The lowest BCUT2D eigenvalue weighted by Crippen LogP contribution is -2.44. The highest BCUT2D eigenvalue weighted by Gasteiger charge is 2.30. The van der Waals surface area contributed by atoms with E-state index in [9.17, 15) is 13.2 Å². The molecule has 1 aromatic carbocycles. The number of alkyl halides is 3. The molecule has 7 nitrogen and oxygen atoms in total. The molecule has 0 spiro atoms. The number of halogens is 3. The van der Waals surface area contributed by atoms with Crippen molar-refractivity contribution in [1.82, 2.24) is 20.4 Å². The van der Waals surface area contributed by atoms with E-state index in [0.29, 0.717) is 23.2 Å². The van der Waals surface area contributed by atoms with Gasteiger partial charge in [-0.15, -0.1) is 0 Å². The maximum Gasteiger partial charge on any atom is 0.416 e. The Balaban J connectivity index is 1.54. The van der Waals surface area contributed by atoms with Crippen molar-refractivity contribution in [3.8, 4) is 0 Å². The minimum absolute atomic E-state index is 0.391. The number of nitrogens with zero attached hydrogens (tertiary/aromatic N) is 4. The molecule has 1 fully saturated rings. The van der Waals surface area contributed by atoms with Crippen LogP contribution < -0.4 is 10.6 Å². The largest absolute Gasteiger partial charge is 0.416 e. The number of anilines is 1. The minimum atomic E-state index is -4.38. The zero-order chi connectivity index (χ0) is 21.1. The number of hydrogen-bond acceptors (Lipinski definition) is 6. The van der Waals surface area contributed by atoms with Gasteiger partial charge in [0.2, 0.25) is 12.2 Å². The fourth-order valence-electron chi connectivity index (χ4n) is 3.34. The van der Waals surface area contributed by atoms with E-state index in [4.69, 9.17) is 0 Å². The van der Waals surface area contributed by atoms with Gasteiger partial charge in [0, 0.05) is 24.8 Å². The number of aryl methyl sites for hydroxylation is 1. The topological polar surface area (TPSA) is 80.7 Å². The molecule has 0 amide bonds. The molecule has 1 unspecified atom stereocenters. The van der Waals surface area contributed by atoms with Gasteiger partial charge in [0.25, 0.3) is 0 Å². The van der Waals surface area contributed by atoms with Gasteiger partial charge in [-0.2, -0.15) is 18.3 Å². The Morgan fingerprint density at radius 3 is 2.63 bits per heavy atom. The van der Waals surface area contributed by atoms with Gasteiger partial charge >= 0.3 is 6.18 Å². The lowest BCUT2D eigenvalue weighted by Gasteiger charge is -2.26. The second-order valence-corrected chi connectivity index (χ2v) is 7.22. The molecule has 0 bridgehead atoms. The van der Waals surface area contributed by atoms with E-state index in [2.05, 4.69) is 35.7 Å². The van der Waals surface area contributed by atoms with Crippen molar-refractivity contribution < 1.29 is 13.2 Å². The van der Waals surface area contributed by atoms with Crippen molar-refractivity contribution in [2.24, 2.45) is 9.98 Å². The van der Waals surface area contributed by atoms with Crippen LogP contribution in [0.3, 0.4) is 0 Å². The third-order valence-electron chi connectivity index (χ3n) is 4.81. The lowest BCUT2D eigenvalue weighted by atomic mass is 10.1. The Hall–Kier alpha value is -3.14. The average molecular weight is 417 g/mol. The number of benzene rings is 1. The zero-order valence-corrected chi connectivity index (χ0v) is 16.4.